The Morgan fingerprint density at radius 3 is 2.96 bits per heavy atom. The molecule has 6 nitrogen and oxygen atoms in total. The molecular formula is C17H25N3O3. The number of likely N-dealkylation sites (tertiary alicyclic amines) is 1. The van der Waals surface area contributed by atoms with Crippen LogP contribution in [0.25, 0.3) is 0 Å². The minimum absolute atomic E-state index is 0.00968. The van der Waals surface area contributed by atoms with E-state index in [1.54, 1.807) is 17.1 Å². The van der Waals surface area contributed by atoms with E-state index in [-0.39, 0.29) is 11.5 Å². The van der Waals surface area contributed by atoms with Crippen molar-refractivity contribution in [3.8, 4) is 0 Å². The molecule has 0 unspecified atom stereocenters. The highest BCUT2D eigenvalue weighted by Crippen LogP contribution is 2.42. The van der Waals surface area contributed by atoms with Crippen LogP contribution in [0.2, 0.25) is 0 Å². The highest BCUT2D eigenvalue weighted by molar-refractivity contribution is 5.92. The van der Waals surface area contributed by atoms with Crippen molar-refractivity contribution in [3.63, 3.8) is 0 Å². The predicted molar refractivity (Wildman–Crippen MR) is 84.1 cm³/mol. The summed E-state index contributed by atoms with van der Waals surface area (Å²) in [4.78, 5) is 18.4. The second kappa shape index (κ2) is 5.91. The summed E-state index contributed by atoms with van der Waals surface area (Å²) >= 11 is 0. The number of hydrogen-bond donors (Lipinski definition) is 0. The van der Waals surface area contributed by atoms with Gasteiger partial charge in [-0.2, -0.15) is 0 Å². The molecule has 1 aromatic heterocycles. The molecule has 4 rings (SSSR count). The highest BCUT2D eigenvalue weighted by atomic mass is 16.5. The van der Waals surface area contributed by atoms with Crippen molar-refractivity contribution in [2.45, 2.75) is 31.3 Å². The third kappa shape index (κ3) is 3.02. The first-order valence-corrected chi connectivity index (χ1v) is 8.65. The maximum atomic E-state index is 12.4. The molecule has 3 fully saturated rings. The predicted octanol–water partition coefficient (Wildman–Crippen LogP) is 1.47. The second-order valence-electron chi connectivity index (χ2n) is 7.29. The molecule has 0 aromatic carbocycles. The maximum Gasteiger partial charge on any atom is 0.274 e. The van der Waals surface area contributed by atoms with Crippen molar-refractivity contribution in [3.05, 3.63) is 18.2 Å². The Hall–Kier alpha value is -1.40. The number of carbonyl (C=O) groups is 1. The third-order valence-electron chi connectivity index (χ3n) is 5.39. The van der Waals surface area contributed by atoms with Gasteiger partial charge in [-0.05, 0) is 37.5 Å². The Labute approximate surface area is 136 Å². The summed E-state index contributed by atoms with van der Waals surface area (Å²) in [6.45, 7) is 3.93. The number of hydrogen-bond acceptors (Lipinski definition) is 4. The Kier molecular flexibility index (Phi) is 3.89. The van der Waals surface area contributed by atoms with Gasteiger partial charge in [0.1, 0.15) is 11.3 Å². The van der Waals surface area contributed by atoms with E-state index in [4.69, 9.17) is 9.47 Å². The summed E-state index contributed by atoms with van der Waals surface area (Å²) in [6, 6.07) is 0. The fourth-order valence-electron chi connectivity index (χ4n) is 3.73. The lowest BCUT2D eigenvalue weighted by Crippen LogP contribution is -2.66. The molecule has 1 amide bonds. The summed E-state index contributed by atoms with van der Waals surface area (Å²) in [5.74, 6) is 1.34. The van der Waals surface area contributed by atoms with Gasteiger partial charge in [0, 0.05) is 33.1 Å². The van der Waals surface area contributed by atoms with Gasteiger partial charge in [0.2, 0.25) is 0 Å². The summed E-state index contributed by atoms with van der Waals surface area (Å²) in [5.41, 5.74) is 0.387. The summed E-state index contributed by atoms with van der Waals surface area (Å²) in [7, 11) is 1.87. The molecule has 3 heterocycles. The van der Waals surface area contributed by atoms with E-state index in [1.807, 2.05) is 11.9 Å². The van der Waals surface area contributed by atoms with E-state index in [9.17, 15) is 4.79 Å². The molecule has 1 spiro atoms. The Balaban J connectivity index is 1.28. The number of aromatic nitrogens is 2. The minimum Gasteiger partial charge on any atom is -0.381 e. The first-order chi connectivity index (χ1) is 11.2. The van der Waals surface area contributed by atoms with Crippen molar-refractivity contribution in [2.75, 3.05) is 32.9 Å². The number of imidazole rings is 1. The van der Waals surface area contributed by atoms with Gasteiger partial charge in [-0.3, -0.25) is 4.79 Å². The molecule has 0 radical (unpaired) electrons. The smallest absolute Gasteiger partial charge is 0.274 e. The first kappa shape index (κ1) is 15.1. The second-order valence-corrected chi connectivity index (χ2v) is 7.29. The molecule has 1 saturated carbocycles. The van der Waals surface area contributed by atoms with Crippen molar-refractivity contribution < 1.29 is 14.3 Å². The topological polar surface area (TPSA) is 56.6 Å². The molecule has 1 aromatic rings. The van der Waals surface area contributed by atoms with Crippen LogP contribution in [0.4, 0.5) is 0 Å². The lowest BCUT2D eigenvalue weighted by molar-refractivity contribution is -0.120. The van der Waals surface area contributed by atoms with E-state index in [0.29, 0.717) is 24.7 Å². The van der Waals surface area contributed by atoms with Crippen LogP contribution in [-0.2, 0) is 16.5 Å². The van der Waals surface area contributed by atoms with Crippen molar-refractivity contribution in [2.24, 2.45) is 18.9 Å². The molecule has 6 heteroatoms. The Bertz CT molecular complexity index is 575. The average molecular weight is 319 g/mol. The zero-order valence-electron chi connectivity index (χ0n) is 13.7. The summed E-state index contributed by atoms with van der Waals surface area (Å²) in [6.07, 6.45) is 8.22. The average Bonchev–Trinajstić information content (AvgIpc) is 3.06. The monoisotopic (exact) mass is 319 g/mol. The highest BCUT2D eigenvalue weighted by Gasteiger charge is 2.54. The molecule has 3 aliphatic rings. The van der Waals surface area contributed by atoms with Crippen LogP contribution in [0.15, 0.2) is 12.5 Å². The van der Waals surface area contributed by atoms with E-state index < -0.39 is 0 Å². The van der Waals surface area contributed by atoms with Gasteiger partial charge in [-0.25, -0.2) is 4.98 Å². The van der Waals surface area contributed by atoms with E-state index in [1.165, 1.54) is 12.8 Å². The molecule has 23 heavy (non-hydrogen) atoms. The van der Waals surface area contributed by atoms with Crippen molar-refractivity contribution >= 4 is 5.91 Å². The number of rotatable bonds is 6. The molecule has 2 saturated heterocycles. The minimum atomic E-state index is -0.132. The number of aryl methyl sites for hydroxylation is 1. The largest absolute Gasteiger partial charge is 0.381 e. The standard InChI is InChI=1S/C17H25N3O3/c1-19-8-15(18-12-19)16(21)20-10-17(11-20)14(5-7-23-17)4-6-22-9-13-2-3-13/h8,12-14H,2-7,9-11H2,1H3/t14-/m0/s1. The van der Waals surface area contributed by atoms with Crippen molar-refractivity contribution in [1.82, 2.24) is 14.5 Å². The van der Waals surface area contributed by atoms with Gasteiger partial charge in [0.05, 0.1) is 19.4 Å². The summed E-state index contributed by atoms with van der Waals surface area (Å²) in [5, 5.41) is 0. The lowest BCUT2D eigenvalue weighted by Gasteiger charge is -2.50. The van der Waals surface area contributed by atoms with Crippen LogP contribution in [-0.4, -0.2) is 58.9 Å². The zero-order valence-corrected chi connectivity index (χ0v) is 13.7. The lowest BCUT2D eigenvalue weighted by atomic mass is 9.79. The Morgan fingerprint density at radius 2 is 2.26 bits per heavy atom. The van der Waals surface area contributed by atoms with Gasteiger partial charge in [-0.1, -0.05) is 0 Å². The van der Waals surface area contributed by atoms with Crippen LogP contribution >= 0.6 is 0 Å². The van der Waals surface area contributed by atoms with Crippen LogP contribution < -0.4 is 0 Å². The molecular weight excluding hydrogens is 294 g/mol. The van der Waals surface area contributed by atoms with Gasteiger partial charge in [0.15, 0.2) is 0 Å². The fourth-order valence-corrected chi connectivity index (χ4v) is 3.73. The number of ether oxygens (including phenoxy) is 2. The SMILES string of the molecule is Cn1cnc(C(=O)N2CC3(C2)OCC[C@@H]3CCOCC2CC2)c1. The van der Waals surface area contributed by atoms with Crippen LogP contribution in [0.3, 0.4) is 0 Å². The quantitative estimate of drug-likeness (QED) is 0.745. The third-order valence-corrected chi connectivity index (χ3v) is 5.39. The van der Waals surface area contributed by atoms with E-state index in [2.05, 4.69) is 4.98 Å². The molecule has 1 aliphatic carbocycles. The van der Waals surface area contributed by atoms with Gasteiger partial charge >= 0.3 is 0 Å². The summed E-state index contributed by atoms with van der Waals surface area (Å²) < 4.78 is 13.6. The molecule has 1 atom stereocenters. The maximum absolute atomic E-state index is 12.4. The molecule has 2 aliphatic heterocycles. The van der Waals surface area contributed by atoms with Gasteiger partial charge < -0.3 is 18.9 Å². The number of carbonyl (C=O) groups excluding carboxylic acids is 1. The molecule has 0 bridgehead atoms. The van der Waals surface area contributed by atoms with Crippen molar-refractivity contribution in [1.29, 1.82) is 0 Å². The van der Waals surface area contributed by atoms with Gasteiger partial charge in [-0.15, -0.1) is 0 Å². The molecule has 0 N–H and O–H groups in total. The van der Waals surface area contributed by atoms with Crippen LogP contribution in [0.5, 0.6) is 0 Å². The van der Waals surface area contributed by atoms with Crippen LogP contribution in [0.1, 0.15) is 36.2 Å². The first-order valence-electron chi connectivity index (χ1n) is 8.65. The van der Waals surface area contributed by atoms with Crippen LogP contribution in [0, 0.1) is 11.8 Å². The van der Waals surface area contributed by atoms with E-state index in [0.717, 1.165) is 38.6 Å². The van der Waals surface area contributed by atoms with E-state index >= 15 is 0 Å². The van der Waals surface area contributed by atoms with Gasteiger partial charge in [0.25, 0.3) is 5.91 Å². The Morgan fingerprint density at radius 1 is 1.43 bits per heavy atom. The normalized spacial score (nSPS) is 25.8. The number of amides is 1. The fraction of sp³-hybridized carbons (Fsp3) is 0.765. The zero-order chi connectivity index (χ0) is 15.9. The molecule has 126 valence electrons. The number of nitrogens with zero attached hydrogens (tertiary/aromatic N) is 3.